The minimum Gasteiger partial charge on any atom is -0.461 e. The van der Waals surface area contributed by atoms with E-state index in [1.54, 1.807) is 0 Å². The number of ether oxygens (including phenoxy) is 1. The molecule has 6 heteroatoms. The lowest BCUT2D eigenvalue weighted by Crippen LogP contribution is -2.24. The van der Waals surface area contributed by atoms with Crippen molar-refractivity contribution >= 4 is 16.0 Å². The second-order valence-corrected chi connectivity index (χ2v) is 5.47. The van der Waals surface area contributed by atoms with Crippen molar-refractivity contribution in [3.05, 3.63) is 35.9 Å². The van der Waals surface area contributed by atoms with Crippen molar-refractivity contribution < 1.29 is 17.9 Å². The van der Waals surface area contributed by atoms with Crippen LogP contribution in [0.2, 0.25) is 0 Å². The average Bonchev–Trinajstić information content (AvgIpc) is 2.35. The maximum atomic E-state index is 11.3. The summed E-state index contributed by atoms with van der Waals surface area (Å²) in [5.41, 5.74) is 0.873. The molecule has 0 atom stereocenters. The number of rotatable bonds is 6. The van der Waals surface area contributed by atoms with E-state index >= 15 is 0 Å². The third-order valence-corrected chi connectivity index (χ3v) is 3.49. The summed E-state index contributed by atoms with van der Waals surface area (Å²) in [6, 6.07) is 9.21. The zero-order chi connectivity index (χ0) is 12.7. The topological polar surface area (TPSA) is 72.5 Å². The summed E-state index contributed by atoms with van der Waals surface area (Å²) in [4.78, 5) is 11.3. The molecule has 0 aliphatic carbocycles. The fraction of sp³-hybridized carbons (Fsp3) is 0.364. The van der Waals surface area contributed by atoms with Crippen molar-refractivity contribution in [2.24, 2.45) is 0 Å². The lowest BCUT2D eigenvalue weighted by molar-refractivity contribution is -0.144. The van der Waals surface area contributed by atoms with E-state index in [4.69, 9.17) is 4.74 Å². The third-order valence-electron chi connectivity index (χ3n) is 2.13. The second-order valence-electron chi connectivity index (χ2n) is 3.42. The standard InChI is InChI=1S/C11H15NO4S/c1-12-17(14,15)8-7-11(13)16-9-10-5-3-2-4-6-10/h2-6,12H,7-9H2,1H3. The van der Waals surface area contributed by atoms with E-state index < -0.39 is 16.0 Å². The van der Waals surface area contributed by atoms with Crippen LogP contribution in [0.4, 0.5) is 0 Å². The molecular weight excluding hydrogens is 242 g/mol. The molecule has 0 fully saturated rings. The molecule has 0 radical (unpaired) electrons. The van der Waals surface area contributed by atoms with Crippen LogP contribution >= 0.6 is 0 Å². The fourth-order valence-electron chi connectivity index (χ4n) is 1.13. The van der Waals surface area contributed by atoms with Gasteiger partial charge in [0, 0.05) is 0 Å². The highest BCUT2D eigenvalue weighted by Crippen LogP contribution is 2.02. The van der Waals surface area contributed by atoms with Crippen LogP contribution in [-0.2, 0) is 26.2 Å². The quantitative estimate of drug-likeness (QED) is 0.760. The zero-order valence-electron chi connectivity index (χ0n) is 9.55. The average molecular weight is 257 g/mol. The van der Waals surface area contributed by atoms with Gasteiger partial charge in [0.2, 0.25) is 10.0 Å². The third kappa shape index (κ3) is 5.46. The Kier molecular flexibility index (Phi) is 5.11. The van der Waals surface area contributed by atoms with E-state index in [0.29, 0.717) is 0 Å². The first-order valence-electron chi connectivity index (χ1n) is 5.14. The highest BCUT2D eigenvalue weighted by atomic mass is 32.2. The maximum Gasteiger partial charge on any atom is 0.307 e. The van der Waals surface area contributed by atoms with Crippen LogP contribution < -0.4 is 4.72 Å². The van der Waals surface area contributed by atoms with Gasteiger partial charge in [0.1, 0.15) is 6.61 Å². The van der Waals surface area contributed by atoms with Gasteiger partial charge in [0.25, 0.3) is 0 Å². The number of nitrogens with one attached hydrogen (secondary N) is 1. The number of hydrogen-bond acceptors (Lipinski definition) is 4. The summed E-state index contributed by atoms with van der Waals surface area (Å²) >= 11 is 0. The molecule has 0 aliphatic rings. The van der Waals surface area contributed by atoms with Gasteiger partial charge in [-0.1, -0.05) is 30.3 Å². The van der Waals surface area contributed by atoms with Gasteiger partial charge in [0.15, 0.2) is 0 Å². The van der Waals surface area contributed by atoms with E-state index in [9.17, 15) is 13.2 Å². The fourth-order valence-corrected chi connectivity index (χ4v) is 1.77. The molecule has 0 saturated heterocycles. The molecule has 0 saturated carbocycles. The van der Waals surface area contributed by atoms with Gasteiger partial charge < -0.3 is 4.74 Å². The Morgan fingerprint density at radius 1 is 1.29 bits per heavy atom. The molecule has 1 aromatic rings. The summed E-state index contributed by atoms with van der Waals surface area (Å²) in [5, 5.41) is 0. The van der Waals surface area contributed by atoms with E-state index in [2.05, 4.69) is 4.72 Å². The molecule has 0 amide bonds. The summed E-state index contributed by atoms with van der Waals surface area (Å²) < 4.78 is 29.2. The predicted molar refractivity (Wildman–Crippen MR) is 63.7 cm³/mol. The van der Waals surface area contributed by atoms with Crippen molar-refractivity contribution in [2.45, 2.75) is 13.0 Å². The monoisotopic (exact) mass is 257 g/mol. The molecule has 1 N–H and O–H groups in total. The van der Waals surface area contributed by atoms with Gasteiger partial charge >= 0.3 is 5.97 Å². The lowest BCUT2D eigenvalue weighted by Gasteiger charge is -2.05. The molecule has 17 heavy (non-hydrogen) atoms. The summed E-state index contributed by atoms with van der Waals surface area (Å²) in [7, 11) is -2.04. The highest BCUT2D eigenvalue weighted by molar-refractivity contribution is 7.89. The van der Waals surface area contributed by atoms with Crippen LogP contribution in [0, 0.1) is 0 Å². The Hall–Kier alpha value is -1.40. The molecular formula is C11H15NO4S. The first kappa shape index (κ1) is 13.7. The Morgan fingerprint density at radius 2 is 1.94 bits per heavy atom. The normalized spacial score (nSPS) is 11.1. The van der Waals surface area contributed by atoms with Crippen LogP contribution in [0.25, 0.3) is 0 Å². The molecule has 0 bridgehead atoms. The number of sulfonamides is 1. The van der Waals surface area contributed by atoms with Crippen LogP contribution in [0.5, 0.6) is 0 Å². The number of carbonyl (C=O) groups is 1. The van der Waals surface area contributed by atoms with E-state index in [1.165, 1.54) is 7.05 Å². The largest absolute Gasteiger partial charge is 0.461 e. The molecule has 0 heterocycles. The number of benzene rings is 1. The Balaban J connectivity index is 2.32. The second kappa shape index (κ2) is 6.36. The minimum absolute atomic E-state index is 0.143. The van der Waals surface area contributed by atoms with Crippen molar-refractivity contribution in [1.29, 1.82) is 0 Å². The number of carbonyl (C=O) groups excluding carboxylic acids is 1. The van der Waals surface area contributed by atoms with Gasteiger partial charge in [-0.3, -0.25) is 4.79 Å². The predicted octanol–water partition coefficient (Wildman–Crippen LogP) is 0.669. The first-order chi connectivity index (χ1) is 8.03. The van der Waals surface area contributed by atoms with Crippen LogP contribution in [-0.4, -0.2) is 27.2 Å². The minimum atomic E-state index is -3.35. The van der Waals surface area contributed by atoms with Crippen LogP contribution in [0.15, 0.2) is 30.3 Å². The molecule has 0 aliphatic heterocycles. The molecule has 5 nitrogen and oxygen atoms in total. The Morgan fingerprint density at radius 3 is 2.53 bits per heavy atom. The Labute approximate surface area is 101 Å². The van der Waals surface area contributed by atoms with Crippen LogP contribution in [0.3, 0.4) is 0 Å². The maximum absolute atomic E-state index is 11.3. The van der Waals surface area contributed by atoms with Gasteiger partial charge in [-0.2, -0.15) is 0 Å². The van der Waals surface area contributed by atoms with Gasteiger partial charge in [-0.05, 0) is 12.6 Å². The molecule has 1 aromatic carbocycles. The van der Waals surface area contributed by atoms with Crippen molar-refractivity contribution in [1.82, 2.24) is 4.72 Å². The highest BCUT2D eigenvalue weighted by Gasteiger charge is 2.11. The van der Waals surface area contributed by atoms with Crippen molar-refractivity contribution in [2.75, 3.05) is 12.8 Å². The lowest BCUT2D eigenvalue weighted by atomic mass is 10.2. The summed E-state index contributed by atoms with van der Waals surface area (Å²) in [6.07, 6.45) is -0.143. The smallest absolute Gasteiger partial charge is 0.307 e. The molecule has 0 unspecified atom stereocenters. The van der Waals surface area contributed by atoms with Gasteiger partial charge in [-0.15, -0.1) is 0 Å². The number of esters is 1. The SMILES string of the molecule is CNS(=O)(=O)CCC(=O)OCc1ccccc1. The van der Waals surface area contributed by atoms with E-state index in [-0.39, 0.29) is 18.8 Å². The first-order valence-corrected chi connectivity index (χ1v) is 6.79. The van der Waals surface area contributed by atoms with E-state index in [0.717, 1.165) is 5.56 Å². The summed E-state index contributed by atoms with van der Waals surface area (Å²) in [6.45, 7) is 0.166. The number of hydrogen-bond donors (Lipinski definition) is 1. The molecule has 1 rings (SSSR count). The van der Waals surface area contributed by atoms with Crippen LogP contribution in [0.1, 0.15) is 12.0 Å². The van der Waals surface area contributed by atoms with Crippen molar-refractivity contribution in [3.8, 4) is 0 Å². The van der Waals surface area contributed by atoms with Gasteiger partial charge in [0.05, 0.1) is 12.2 Å². The zero-order valence-corrected chi connectivity index (χ0v) is 10.4. The molecule has 0 spiro atoms. The van der Waals surface area contributed by atoms with E-state index in [1.807, 2.05) is 30.3 Å². The molecule has 94 valence electrons. The van der Waals surface area contributed by atoms with Gasteiger partial charge in [-0.25, -0.2) is 13.1 Å². The van der Waals surface area contributed by atoms with Crippen molar-refractivity contribution in [3.63, 3.8) is 0 Å². The molecule has 0 aromatic heterocycles. The Bertz CT molecular complexity index is 456. The summed E-state index contributed by atoms with van der Waals surface area (Å²) in [5.74, 6) is -0.774.